The van der Waals surface area contributed by atoms with Gasteiger partial charge in [0.05, 0.1) is 6.10 Å². The molecule has 1 aromatic carbocycles. The van der Waals surface area contributed by atoms with Crippen LogP contribution < -0.4 is 0 Å². The molecule has 1 aliphatic heterocycles. The van der Waals surface area contributed by atoms with E-state index in [1.807, 2.05) is 0 Å². The van der Waals surface area contributed by atoms with Gasteiger partial charge in [0, 0.05) is 32.2 Å². The molecular weight excluding hydrogens is 260 g/mol. The van der Waals surface area contributed by atoms with Crippen LogP contribution in [0.5, 0.6) is 0 Å². The molecule has 0 radical (unpaired) electrons. The van der Waals surface area contributed by atoms with Crippen LogP contribution in [0.1, 0.15) is 38.8 Å². The Kier molecular flexibility index (Phi) is 5.42. The van der Waals surface area contributed by atoms with Gasteiger partial charge in [0.2, 0.25) is 0 Å². The summed E-state index contributed by atoms with van der Waals surface area (Å²) >= 11 is 0. The van der Waals surface area contributed by atoms with Crippen LogP contribution in [0.3, 0.4) is 0 Å². The van der Waals surface area contributed by atoms with Gasteiger partial charge in [0.15, 0.2) is 0 Å². The standard InChI is InChI=1S/C18H30N2O/c1-18(2,3)17(21)10-11-20-13-12-19(4)14-16(20)15-8-6-5-7-9-15/h5-9,16-17,21H,10-14H2,1-4H3. The number of benzene rings is 1. The first kappa shape index (κ1) is 16.5. The smallest absolute Gasteiger partial charge is 0.0600 e. The second-order valence-electron chi connectivity index (χ2n) is 7.40. The van der Waals surface area contributed by atoms with Crippen LogP contribution >= 0.6 is 0 Å². The van der Waals surface area contributed by atoms with E-state index in [0.717, 1.165) is 32.6 Å². The minimum atomic E-state index is -0.242. The maximum atomic E-state index is 10.3. The van der Waals surface area contributed by atoms with Gasteiger partial charge >= 0.3 is 0 Å². The minimum Gasteiger partial charge on any atom is -0.393 e. The molecule has 3 heteroatoms. The molecule has 0 amide bonds. The van der Waals surface area contributed by atoms with E-state index >= 15 is 0 Å². The number of rotatable bonds is 4. The molecule has 3 nitrogen and oxygen atoms in total. The first-order chi connectivity index (χ1) is 9.88. The lowest BCUT2D eigenvalue weighted by atomic mass is 9.87. The maximum absolute atomic E-state index is 10.3. The molecule has 0 aliphatic carbocycles. The van der Waals surface area contributed by atoms with Crippen molar-refractivity contribution in [3.63, 3.8) is 0 Å². The van der Waals surface area contributed by atoms with Crippen molar-refractivity contribution in [2.24, 2.45) is 5.41 Å². The fraction of sp³-hybridized carbons (Fsp3) is 0.667. The zero-order valence-electron chi connectivity index (χ0n) is 13.9. The van der Waals surface area contributed by atoms with Crippen molar-refractivity contribution in [1.29, 1.82) is 0 Å². The molecule has 2 rings (SSSR count). The molecule has 1 fully saturated rings. The Morgan fingerprint density at radius 3 is 2.48 bits per heavy atom. The predicted molar refractivity (Wildman–Crippen MR) is 88.3 cm³/mol. The fourth-order valence-corrected chi connectivity index (χ4v) is 2.94. The summed E-state index contributed by atoms with van der Waals surface area (Å²) in [5.74, 6) is 0. The maximum Gasteiger partial charge on any atom is 0.0600 e. The summed E-state index contributed by atoms with van der Waals surface area (Å²) in [6.45, 7) is 10.5. The largest absolute Gasteiger partial charge is 0.393 e. The van der Waals surface area contributed by atoms with Crippen LogP contribution in [0.4, 0.5) is 0 Å². The van der Waals surface area contributed by atoms with Crippen LogP contribution in [0.15, 0.2) is 30.3 Å². The van der Waals surface area contributed by atoms with E-state index in [1.54, 1.807) is 0 Å². The number of hydrogen-bond donors (Lipinski definition) is 1. The molecule has 2 atom stereocenters. The zero-order valence-corrected chi connectivity index (χ0v) is 13.9. The molecule has 1 aliphatic rings. The fourth-order valence-electron chi connectivity index (χ4n) is 2.94. The average molecular weight is 290 g/mol. The van der Waals surface area contributed by atoms with E-state index in [0.29, 0.717) is 6.04 Å². The first-order valence-electron chi connectivity index (χ1n) is 8.03. The van der Waals surface area contributed by atoms with E-state index in [-0.39, 0.29) is 11.5 Å². The topological polar surface area (TPSA) is 26.7 Å². The summed E-state index contributed by atoms with van der Waals surface area (Å²) in [6.07, 6.45) is 0.602. The van der Waals surface area contributed by atoms with Gasteiger partial charge < -0.3 is 10.0 Å². The molecule has 2 unspecified atom stereocenters. The highest BCUT2D eigenvalue weighted by molar-refractivity contribution is 5.20. The monoisotopic (exact) mass is 290 g/mol. The second kappa shape index (κ2) is 6.91. The highest BCUT2D eigenvalue weighted by Gasteiger charge is 2.28. The van der Waals surface area contributed by atoms with Crippen LogP contribution in [-0.2, 0) is 0 Å². The molecular formula is C18H30N2O. The number of likely N-dealkylation sites (N-methyl/N-ethyl adjacent to an activating group) is 1. The first-order valence-corrected chi connectivity index (χ1v) is 8.03. The van der Waals surface area contributed by atoms with Gasteiger partial charge in [0.1, 0.15) is 0 Å². The van der Waals surface area contributed by atoms with Crippen molar-refractivity contribution in [2.75, 3.05) is 33.2 Å². The number of aliphatic hydroxyl groups excluding tert-OH is 1. The molecule has 118 valence electrons. The average Bonchev–Trinajstić information content (AvgIpc) is 2.45. The molecule has 1 aromatic rings. The normalized spacial score (nSPS) is 23.2. The van der Waals surface area contributed by atoms with Gasteiger partial charge in [0.25, 0.3) is 0 Å². The minimum absolute atomic E-state index is 0.0329. The van der Waals surface area contributed by atoms with Crippen molar-refractivity contribution in [3.05, 3.63) is 35.9 Å². The van der Waals surface area contributed by atoms with Gasteiger partial charge in [-0.3, -0.25) is 4.90 Å². The number of aliphatic hydroxyl groups is 1. The number of piperazine rings is 1. The lowest BCUT2D eigenvalue weighted by Gasteiger charge is -2.41. The Labute approximate surface area is 129 Å². The molecule has 0 aromatic heterocycles. The third-order valence-corrected chi connectivity index (χ3v) is 4.57. The number of nitrogens with zero attached hydrogens (tertiary/aromatic N) is 2. The summed E-state index contributed by atoms with van der Waals surface area (Å²) in [5.41, 5.74) is 1.35. The molecule has 1 saturated heterocycles. The van der Waals surface area contributed by atoms with E-state index < -0.39 is 0 Å². The van der Waals surface area contributed by atoms with Crippen LogP contribution in [0, 0.1) is 5.41 Å². The molecule has 0 saturated carbocycles. The third-order valence-electron chi connectivity index (χ3n) is 4.57. The zero-order chi connectivity index (χ0) is 15.5. The van der Waals surface area contributed by atoms with Crippen molar-refractivity contribution >= 4 is 0 Å². The van der Waals surface area contributed by atoms with E-state index in [1.165, 1.54) is 5.56 Å². The summed E-state index contributed by atoms with van der Waals surface area (Å²) < 4.78 is 0. The van der Waals surface area contributed by atoms with E-state index in [2.05, 4.69) is 68.0 Å². The van der Waals surface area contributed by atoms with Crippen LogP contribution in [-0.4, -0.2) is 54.2 Å². The van der Waals surface area contributed by atoms with Crippen LogP contribution in [0.2, 0.25) is 0 Å². The van der Waals surface area contributed by atoms with E-state index in [9.17, 15) is 5.11 Å². The third kappa shape index (κ3) is 4.53. The Bertz CT molecular complexity index is 427. The van der Waals surface area contributed by atoms with Gasteiger partial charge in [-0.15, -0.1) is 0 Å². The molecule has 21 heavy (non-hydrogen) atoms. The Morgan fingerprint density at radius 1 is 1.19 bits per heavy atom. The lowest BCUT2D eigenvalue weighted by molar-refractivity contribution is 0.0266. The molecule has 1 heterocycles. The van der Waals surface area contributed by atoms with Gasteiger partial charge in [-0.25, -0.2) is 0 Å². The van der Waals surface area contributed by atoms with Crippen molar-refractivity contribution in [1.82, 2.24) is 9.80 Å². The van der Waals surface area contributed by atoms with Crippen LogP contribution in [0.25, 0.3) is 0 Å². The van der Waals surface area contributed by atoms with Crippen molar-refractivity contribution < 1.29 is 5.11 Å². The van der Waals surface area contributed by atoms with Gasteiger partial charge in [-0.1, -0.05) is 51.1 Å². The lowest BCUT2D eigenvalue weighted by Crippen LogP contribution is -2.47. The van der Waals surface area contributed by atoms with Crippen molar-refractivity contribution in [2.45, 2.75) is 39.3 Å². The summed E-state index contributed by atoms with van der Waals surface area (Å²) in [7, 11) is 2.19. The molecule has 0 bridgehead atoms. The summed E-state index contributed by atoms with van der Waals surface area (Å²) in [6, 6.07) is 11.2. The van der Waals surface area contributed by atoms with E-state index in [4.69, 9.17) is 0 Å². The highest BCUT2D eigenvalue weighted by atomic mass is 16.3. The summed E-state index contributed by atoms with van der Waals surface area (Å²) in [5, 5.41) is 10.3. The predicted octanol–water partition coefficient (Wildman–Crippen LogP) is 2.77. The second-order valence-corrected chi connectivity index (χ2v) is 7.40. The SMILES string of the molecule is CN1CCN(CCC(O)C(C)(C)C)C(c2ccccc2)C1. The Morgan fingerprint density at radius 2 is 1.86 bits per heavy atom. The van der Waals surface area contributed by atoms with Crippen molar-refractivity contribution in [3.8, 4) is 0 Å². The number of hydrogen-bond acceptors (Lipinski definition) is 3. The molecule has 0 spiro atoms. The molecule has 1 N–H and O–H groups in total. The Balaban J connectivity index is 2.02. The highest BCUT2D eigenvalue weighted by Crippen LogP contribution is 2.27. The Hall–Kier alpha value is -0.900. The quantitative estimate of drug-likeness (QED) is 0.923. The van der Waals surface area contributed by atoms with Gasteiger partial charge in [-0.2, -0.15) is 0 Å². The summed E-state index contributed by atoms with van der Waals surface area (Å²) in [4.78, 5) is 4.93. The van der Waals surface area contributed by atoms with Gasteiger partial charge in [-0.05, 0) is 24.4 Å².